The van der Waals surface area contributed by atoms with Gasteiger partial charge in [-0.05, 0) is 56.4 Å². The van der Waals surface area contributed by atoms with Crippen molar-refractivity contribution in [3.05, 3.63) is 24.3 Å². The highest BCUT2D eigenvalue weighted by molar-refractivity contribution is 5.97. The van der Waals surface area contributed by atoms with Crippen LogP contribution in [0.5, 0.6) is 5.75 Å². The summed E-state index contributed by atoms with van der Waals surface area (Å²) in [5.41, 5.74) is 0.645. The van der Waals surface area contributed by atoms with Crippen molar-refractivity contribution in [2.45, 2.75) is 57.9 Å². The first kappa shape index (κ1) is 20.7. The van der Waals surface area contributed by atoms with E-state index in [4.69, 9.17) is 9.84 Å². The third kappa shape index (κ3) is 6.58. The van der Waals surface area contributed by atoms with Gasteiger partial charge in [0.25, 0.3) is 0 Å². The molecule has 1 fully saturated rings. The molecule has 1 atom stereocenters. The lowest BCUT2D eigenvalue weighted by molar-refractivity contribution is -0.140. The minimum atomic E-state index is -0.842. The minimum absolute atomic E-state index is 0.0439. The minimum Gasteiger partial charge on any atom is -0.494 e. The quantitative estimate of drug-likeness (QED) is 0.646. The summed E-state index contributed by atoms with van der Waals surface area (Å²) in [6, 6.07) is 6.54. The fourth-order valence-electron chi connectivity index (χ4n) is 3.13. The van der Waals surface area contributed by atoms with Crippen LogP contribution in [0, 0.1) is 0 Å². The lowest BCUT2D eigenvalue weighted by atomic mass is 10.0. The molecule has 27 heavy (non-hydrogen) atoms. The third-order valence-electron chi connectivity index (χ3n) is 4.52. The van der Waals surface area contributed by atoms with E-state index in [9.17, 15) is 14.4 Å². The summed E-state index contributed by atoms with van der Waals surface area (Å²) in [5, 5.41) is 11.5. The molecule has 1 heterocycles. The topological polar surface area (TPSA) is 95.9 Å². The number of likely N-dealkylation sites (tertiary alicyclic amines) is 1. The van der Waals surface area contributed by atoms with Gasteiger partial charge in [-0.1, -0.05) is 6.92 Å². The van der Waals surface area contributed by atoms with E-state index in [1.807, 2.05) is 6.92 Å². The molecule has 2 N–H and O–H groups in total. The number of ether oxygens (including phenoxy) is 1. The number of anilines is 1. The second-order valence-corrected chi connectivity index (χ2v) is 6.71. The molecule has 0 saturated carbocycles. The van der Waals surface area contributed by atoms with Gasteiger partial charge in [0, 0.05) is 25.1 Å². The van der Waals surface area contributed by atoms with Gasteiger partial charge in [0.05, 0.1) is 6.61 Å². The molecule has 148 valence electrons. The van der Waals surface area contributed by atoms with Gasteiger partial charge < -0.3 is 20.1 Å². The van der Waals surface area contributed by atoms with Crippen LogP contribution in [-0.4, -0.2) is 47.0 Å². The van der Waals surface area contributed by atoms with E-state index in [1.165, 1.54) is 0 Å². The number of piperidine rings is 1. The van der Waals surface area contributed by atoms with Crippen LogP contribution in [0.4, 0.5) is 5.69 Å². The SMILES string of the molecule is CCCC(=O)N1CCCCC1C(=O)Nc1ccc(OCCCC(=O)O)cc1. The van der Waals surface area contributed by atoms with E-state index in [0.29, 0.717) is 43.9 Å². The Kier molecular flexibility index (Phi) is 8.10. The molecule has 1 saturated heterocycles. The van der Waals surface area contributed by atoms with E-state index in [1.54, 1.807) is 29.2 Å². The zero-order valence-electron chi connectivity index (χ0n) is 15.8. The smallest absolute Gasteiger partial charge is 0.303 e. The second kappa shape index (κ2) is 10.5. The second-order valence-electron chi connectivity index (χ2n) is 6.71. The van der Waals surface area contributed by atoms with E-state index in [-0.39, 0.29) is 18.2 Å². The number of hydrogen-bond donors (Lipinski definition) is 2. The number of benzene rings is 1. The van der Waals surface area contributed by atoms with E-state index < -0.39 is 12.0 Å². The fraction of sp³-hybridized carbons (Fsp3) is 0.550. The fourth-order valence-corrected chi connectivity index (χ4v) is 3.13. The summed E-state index contributed by atoms with van der Waals surface area (Å²) < 4.78 is 5.48. The molecule has 1 aliphatic rings. The van der Waals surface area contributed by atoms with Crippen molar-refractivity contribution in [1.29, 1.82) is 0 Å². The normalized spacial score (nSPS) is 16.6. The Bertz CT molecular complexity index is 644. The molecule has 0 aromatic heterocycles. The van der Waals surface area contributed by atoms with Crippen LogP contribution < -0.4 is 10.1 Å². The first-order valence-electron chi connectivity index (χ1n) is 9.56. The number of carbonyl (C=O) groups is 3. The molecule has 1 aromatic rings. The number of aliphatic carboxylic acids is 1. The molecule has 1 unspecified atom stereocenters. The number of carboxylic acid groups (broad SMARTS) is 1. The van der Waals surface area contributed by atoms with Gasteiger partial charge in [0.15, 0.2) is 0 Å². The summed E-state index contributed by atoms with van der Waals surface area (Å²) in [4.78, 5) is 37.1. The number of nitrogens with zero attached hydrogens (tertiary/aromatic N) is 1. The van der Waals surface area contributed by atoms with Crippen molar-refractivity contribution in [3.8, 4) is 5.75 Å². The lowest BCUT2D eigenvalue weighted by Crippen LogP contribution is -2.49. The summed E-state index contributed by atoms with van der Waals surface area (Å²) >= 11 is 0. The van der Waals surface area contributed by atoms with Crippen LogP contribution in [-0.2, 0) is 14.4 Å². The van der Waals surface area contributed by atoms with Crippen LogP contribution in [0.2, 0.25) is 0 Å². The van der Waals surface area contributed by atoms with Gasteiger partial charge in [-0.3, -0.25) is 14.4 Å². The summed E-state index contributed by atoms with van der Waals surface area (Å²) in [5.74, 6) is -0.335. The van der Waals surface area contributed by atoms with Crippen molar-refractivity contribution in [2.75, 3.05) is 18.5 Å². The first-order valence-corrected chi connectivity index (χ1v) is 9.56. The maximum absolute atomic E-state index is 12.7. The molecular weight excluding hydrogens is 348 g/mol. The van der Waals surface area contributed by atoms with Gasteiger partial charge in [0.1, 0.15) is 11.8 Å². The van der Waals surface area contributed by atoms with Crippen LogP contribution >= 0.6 is 0 Å². The molecule has 1 aliphatic heterocycles. The lowest BCUT2D eigenvalue weighted by Gasteiger charge is -2.34. The highest BCUT2D eigenvalue weighted by Crippen LogP contribution is 2.21. The Morgan fingerprint density at radius 3 is 2.59 bits per heavy atom. The molecule has 0 spiro atoms. The van der Waals surface area contributed by atoms with Crippen LogP contribution in [0.25, 0.3) is 0 Å². The molecule has 0 aliphatic carbocycles. The Morgan fingerprint density at radius 2 is 1.93 bits per heavy atom. The Balaban J connectivity index is 1.88. The van der Waals surface area contributed by atoms with Gasteiger partial charge >= 0.3 is 5.97 Å². The predicted octanol–water partition coefficient (Wildman–Crippen LogP) is 3.05. The summed E-state index contributed by atoms with van der Waals surface area (Å²) in [6.07, 6.45) is 4.32. The van der Waals surface area contributed by atoms with Crippen molar-refractivity contribution in [1.82, 2.24) is 4.90 Å². The van der Waals surface area contributed by atoms with E-state index in [0.717, 1.165) is 19.3 Å². The Hall–Kier alpha value is -2.57. The van der Waals surface area contributed by atoms with Gasteiger partial charge in [-0.15, -0.1) is 0 Å². The zero-order valence-corrected chi connectivity index (χ0v) is 15.8. The van der Waals surface area contributed by atoms with Gasteiger partial charge in [-0.25, -0.2) is 0 Å². The zero-order chi connectivity index (χ0) is 19.6. The van der Waals surface area contributed by atoms with E-state index in [2.05, 4.69) is 5.32 Å². The Morgan fingerprint density at radius 1 is 1.19 bits per heavy atom. The highest BCUT2D eigenvalue weighted by Gasteiger charge is 2.31. The number of amides is 2. The molecule has 0 bridgehead atoms. The van der Waals surface area contributed by atoms with Crippen molar-refractivity contribution < 1.29 is 24.2 Å². The number of nitrogens with one attached hydrogen (secondary N) is 1. The number of rotatable bonds is 9. The first-order chi connectivity index (χ1) is 13.0. The summed E-state index contributed by atoms with van der Waals surface area (Å²) in [6.45, 7) is 2.93. The molecule has 7 heteroatoms. The number of carbonyl (C=O) groups excluding carboxylic acids is 2. The van der Waals surface area contributed by atoms with Crippen LogP contribution in [0.1, 0.15) is 51.9 Å². The number of hydrogen-bond acceptors (Lipinski definition) is 4. The third-order valence-corrected chi connectivity index (χ3v) is 4.52. The summed E-state index contributed by atoms with van der Waals surface area (Å²) in [7, 11) is 0. The van der Waals surface area contributed by atoms with Crippen LogP contribution in [0.15, 0.2) is 24.3 Å². The maximum Gasteiger partial charge on any atom is 0.303 e. The molecule has 2 rings (SSSR count). The monoisotopic (exact) mass is 376 g/mol. The average molecular weight is 376 g/mol. The number of carboxylic acids is 1. The molecule has 7 nitrogen and oxygen atoms in total. The van der Waals surface area contributed by atoms with Gasteiger partial charge in [0.2, 0.25) is 11.8 Å². The van der Waals surface area contributed by atoms with Gasteiger partial charge in [-0.2, -0.15) is 0 Å². The van der Waals surface area contributed by atoms with Crippen molar-refractivity contribution in [3.63, 3.8) is 0 Å². The molecular formula is C20H28N2O5. The Labute approximate surface area is 159 Å². The maximum atomic E-state index is 12.7. The van der Waals surface area contributed by atoms with Crippen molar-refractivity contribution >= 4 is 23.5 Å². The predicted molar refractivity (Wildman–Crippen MR) is 102 cm³/mol. The standard InChI is InChI=1S/C20H28N2O5/c1-2-6-18(23)22-13-4-3-7-17(22)20(26)21-15-9-11-16(12-10-15)27-14-5-8-19(24)25/h9-12,17H,2-8,13-14H2,1H3,(H,21,26)(H,24,25). The van der Waals surface area contributed by atoms with E-state index >= 15 is 0 Å². The highest BCUT2D eigenvalue weighted by atomic mass is 16.5. The van der Waals surface area contributed by atoms with Crippen LogP contribution in [0.3, 0.4) is 0 Å². The van der Waals surface area contributed by atoms with Crippen molar-refractivity contribution in [2.24, 2.45) is 0 Å². The molecule has 0 radical (unpaired) electrons. The average Bonchev–Trinajstić information content (AvgIpc) is 2.66. The molecule has 2 amide bonds. The largest absolute Gasteiger partial charge is 0.494 e. The molecule has 1 aromatic carbocycles.